The number of aromatic amines is 2. The summed E-state index contributed by atoms with van der Waals surface area (Å²) in [4.78, 5) is 30.0. The van der Waals surface area contributed by atoms with Crippen LogP contribution < -0.4 is 10.3 Å². The normalized spacial score (nSPS) is 14.1. The summed E-state index contributed by atoms with van der Waals surface area (Å²) in [7, 11) is 1.68. The lowest BCUT2D eigenvalue weighted by atomic mass is 10.0. The van der Waals surface area contributed by atoms with E-state index in [0.29, 0.717) is 18.8 Å². The van der Waals surface area contributed by atoms with Crippen LogP contribution in [0.25, 0.3) is 22.3 Å². The number of rotatable bonds is 4. The van der Waals surface area contributed by atoms with Crippen molar-refractivity contribution in [1.82, 2.24) is 24.8 Å². The number of hydrogen-bond donors (Lipinski definition) is 2. The summed E-state index contributed by atoms with van der Waals surface area (Å²) in [6.07, 6.45) is 6.16. The van der Waals surface area contributed by atoms with Crippen LogP contribution >= 0.6 is 0 Å². The summed E-state index contributed by atoms with van der Waals surface area (Å²) in [6, 6.07) is 9.78. The monoisotopic (exact) mass is 387 g/mol. The van der Waals surface area contributed by atoms with Gasteiger partial charge in [0.05, 0.1) is 12.8 Å². The van der Waals surface area contributed by atoms with Crippen LogP contribution in [0.1, 0.15) is 16.8 Å². The largest absolute Gasteiger partial charge is 0.497 e. The Morgan fingerprint density at radius 2 is 2.21 bits per heavy atom. The molecule has 3 aromatic heterocycles. The van der Waals surface area contributed by atoms with Crippen LogP contribution in [0.2, 0.25) is 0 Å². The molecule has 0 aliphatic carbocycles. The number of benzene rings is 1. The first-order valence-corrected chi connectivity index (χ1v) is 9.60. The molecule has 0 saturated carbocycles. The highest BCUT2D eigenvalue weighted by molar-refractivity contribution is 5.84. The van der Waals surface area contributed by atoms with Crippen molar-refractivity contribution in [3.8, 4) is 17.1 Å². The van der Waals surface area contributed by atoms with Gasteiger partial charge in [-0.2, -0.15) is 0 Å². The van der Waals surface area contributed by atoms with Crippen LogP contribution in [-0.2, 0) is 19.5 Å². The maximum absolute atomic E-state index is 12.6. The van der Waals surface area contributed by atoms with Crippen molar-refractivity contribution in [1.29, 1.82) is 0 Å². The van der Waals surface area contributed by atoms with Crippen LogP contribution in [0.4, 0.5) is 0 Å². The van der Waals surface area contributed by atoms with Crippen LogP contribution in [0, 0.1) is 0 Å². The highest BCUT2D eigenvalue weighted by atomic mass is 16.5. The number of nitrogens with zero attached hydrogens (tertiary/aromatic N) is 3. The Morgan fingerprint density at radius 3 is 3.03 bits per heavy atom. The minimum Gasteiger partial charge on any atom is -0.497 e. The third-order valence-electron chi connectivity index (χ3n) is 5.46. The van der Waals surface area contributed by atoms with Crippen molar-refractivity contribution in [3.05, 3.63) is 76.1 Å². The summed E-state index contributed by atoms with van der Waals surface area (Å²) >= 11 is 0. The second kappa shape index (κ2) is 7.18. The van der Waals surface area contributed by atoms with Gasteiger partial charge in [-0.3, -0.25) is 14.7 Å². The lowest BCUT2D eigenvalue weighted by Gasteiger charge is -2.27. The number of pyridine rings is 1. The molecule has 1 aliphatic rings. The molecule has 0 saturated heterocycles. The van der Waals surface area contributed by atoms with E-state index in [1.54, 1.807) is 19.5 Å². The maximum atomic E-state index is 12.6. The first-order chi connectivity index (χ1) is 14.2. The number of H-pyrrole nitrogens is 2. The van der Waals surface area contributed by atoms with E-state index in [4.69, 9.17) is 9.72 Å². The van der Waals surface area contributed by atoms with Crippen molar-refractivity contribution in [2.24, 2.45) is 0 Å². The van der Waals surface area contributed by atoms with Crippen molar-refractivity contribution < 1.29 is 4.74 Å². The molecule has 0 unspecified atom stereocenters. The number of aromatic nitrogens is 4. The van der Waals surface area contributed by atoms with Gasteiger partial charge < -0.3 is 14.7 Å². The second-order valence-electron chi connectivity index (χ2n) is 7.27. The van der Waals surface area contributed by atoms with E-state index in [1.807, 2.05) is 30.5 Å². The highest BCUT2D eigenvalue weighted by Crippen LogP contribution is 2.26. The quantitative estimate of drug-likeness (QED) is 0.562. The van der Waals surface area contributed by atoms with Gasteiger partial charge in [0.2, 0.25) is 0 Å². The summed E-state index contributed by atoms with van der Waals surface area (Å²) in [5.41, 5.74) is 4.69. The highest BCUT2D eigenvalue weighted by Gasteiger charge is 2.22. The first kappa shape index (κ1) is 17.6. The van der Waals surface area contributed by atoms with Gasteiger partial charge >= 0.3 is 0 Å². The molecular weight excluding hydrogens is 366 g/mol. The molecule has 5 rings (SSSR count). The van der Waals surface area contributed by atoms with Gasteiger partial charge in [0.25, 0.3) is 5.56 Å². The summed E-state index contributed by atoms with van der Waals surface area (Å²) in [5.74, 6) is 1.41. The Bertz CT molecular complexity index is 1230. The second-order valence-corrected chi connectivity index (χ2v) is 7.27. The fraction of sp³-hybridized carbons (Fsp3) is 0.227. The molecule has 29 heavy (non-hydrogen) atoms. The van der Waals surface area contributed by atoms with Gasteiger partial charge in [0.15, 0.2) is 0 Å². The van der Waals surface area contributed by atoms with Crippen molar-refractivity contribution in [2.45, 2.75) is 19.5 Å². The van der Waals surface area contributed by atoms with Crippen LogP contribution in [0.15, 0.2) is 53.7 Å². The Morgan fingerprint density at radius 1 is 1.28 bits per heavy atom. The Hall–Kier alpha value is -3.45. The summed E-state index contributed by atoms with van der Waals surface area (Å²) in [5, 5.41) is 1.16. The SMILES string of the molecule is COc1ccc2[nH]cc(CN3CCc4c(nc(-c5cccnc5)[nH]c4=O)C3)c2c1. The van der Waals surface area contributed by atoms with E-state index in [-0.39, 0.29) is 5.56 Å². The fourth-order valence-corrected chi connectivity index (χ4v) is 3.92. The molecule has 146 valence electrons. The molecule has 0 bridgehead atoms. The molecule has 0 spiro atoms. The molecule has 0 fully saturated rings. The van der Waals surface area contributed by atoms with Gasteiger partial charge in [-0.25, -0.2) is 4.98 Å². The van der Waals surface area contributed by atoms with E-state index in [9.17, 15) is 4.79 Å². The zero-order chi connectivity index (χ0) is 19.8. The Kier molecular flexibility index (Phi) is 4.37. The zero-order valence-corrected chi connectivity index (χ0v) is 16.1. The van der Waals surface area contributed by atoms with E-state index >= 15 is 0 Å². The Labute approximate surface area is 167 Å². The lowest BCUT2D eigenvalue weighted by Crippen LogP contribution is -2.35. The third kappa shape index (κ3) is 3.30. The van der Waals surface area contributed by atoms with E-state index in [2.05, 4.69) is 25.9 Å². The fourth-order valence-electron chi connectivity index (χ4n) is 3.92. The molecular formula is C22H21N5O2. The topological polar surface area (TPSA) is 86.9 Å². The van der Waals surface area contributed by atoms with Gasteiger partial charge in [0.1, 0.15) is 11.6 Å². The number of methoxy groups -OCH3 is 1. The van der Waals surface area contributed by atoms with E-state index in [1.165, 1.54) is 5.56 Å². The number of ether oxygens (including phenoxy) is 1. The smallest absolute Gasteiger partial charge is 0.254 e. The summed E-state index contributed by atoms with van der Waals surface area (Å²) in [6.45, 7) is 2.24. The standard InChI is InChI=1S/C22H21N5O2/c1-29-16-4-5-19-18(9-16)15(11-24-19)12-27-8-6-17-20(13-27)25-21(26-22(17)28)14-3-2-7-23-10-14/h2-5,7,9-11,24H,6,8,12-13H2,1H3,(H,25,26,28). The van der Waals surface area contributed by atoms with Crippen LogP contribution in [-0.4, -0.2) is 38.5 Å². The average molecular weight is 387 g/mol. The molecule has 2 N–H and O–H groups in total. The number of hydrogen-bond acceptors (Lipinski definition) is 5. The van der Waals surface area contributed by atoms with Gasteiger partial charge in [-0.05, 0) is 42.3 Å². The van der Waals surface area contributed by atoms with Gasteiger partial charge in [0, 0.05) is 60.3 Å². The van der Waals surface area contributed by atoms with Crippen molar-refractivity contribution in [2.75, 3.05) is 13.7 Å². The predicted octanol–water partition coefficient (Wildman–Crippen LogP) is 2.88. The summed E-state index contributed by atoms with van der Waals surface area (Å²) < 4.78 is 5.37. The number of nitrogens with one attached hydrogen (secondary N) is 2. The molecule has 4 aromatic rings. The maximum Gasteiger partial charge on any atom is 0.254 e. The van der Waals surface area contributed by atoms with E-state index < -0.39 is 0 Å². The lowest BCUT2D eigenvalue weighted by molar-refractivity contribution is 0.241. The molecule has 7 heteroatoms. The third-order valence-corrected chi connectivity index (χ3v) is 5.46. The first-order valence-electron chi connectivity index (χ1n) is 9.60. The molecule has 1 aromatic carbocycles. The van der Waals surface area contributed by atoms with Crippen LogP contribution in [0.5, 0.6) is 5.75 Å². The predicted molar refractivity (Wildman–Crippen MR) is 111 cm³/mol. The molecule has 4 heterocycles. The van der Waals surface area contributed by atoms with Crippen LogP contribution in [0.3, 0.4) is 0 Å². The minimum atomic E-state index is -0.0506. The molecule has 0 atom stereocenters. The molecule has 1 aliphatic heterocycles. The van der Waals surface area contributed by atoms with Gasteiger partial charge in [-0.1, -0.05) is 0 Å². The van der Waals surface area contributed by atoms with Crippen molar-refractivity contribution >= 4 is 10.9 Å². The Balaban J connectivity index is 1.44. The van der Waals surface area contributed by atoms with Crippen molar-refractivity contribution in [3.63, 3.8) is 0 Å². The van der Waals surface area contributed by atoms with Gasteiger partial charge in [-0.15, -0.1) is 0 Å². The number of fused-ring (bicyclic) bond motifs is 2. The zero-order valence-electron chi connectivity index (χ0n) is 16.1. The average Bonchev–Trinajstić information content (AvgIpc) is 3.16. The molecule has 0 radical (unpaired) electrons. The van der Waals surface area contributed by atoms with E-state index in [0.717, 1.165) is 46.6 Å². The molecule has 7 nitrogen and oxygen atoms in total. The minimum absolute atomic E-state index is 0.0506. The molecule has 0 amide bonds.